The Morgan fingerprint density at radius 2 is 1.95 bits per heavy atom. The number of carbonyl (C=O) groups is 1. The average Bonchev–Trinajstić information content (AvgIpc) is 2.44. The van der Waals surface area contributed by atoms with Crippen molar-refractivity contribution in [3.63, 3.8) is 0 Å². The number of carbonyl (C=O) groups excluding carboxylic acids is 1. The quantitative estimate of drug-likeness (QED) is 0.711. The van der Waals surface area contributed by atoms with E-state index in [-0.39, 0.29) is 11.7 Å². The molecule has 3 nitrogen and oxygen atoms in total. The van der Waals surface area contributed by atoms with Gasteiger partial charge in [-0.05, 0) is 37.3 Å². The molecule has 1 N–H and O–H groups in total. The summed E-state index contributed by atoms with van der Waals surface area (Å²) in [4.78, 5) is 17.1. The fraction of sp³-hybridized carbons (Fsp3) is 0.143. The SMILES string of the molecule is Cc1nc(NC(=O)CSc2ccc(Br)cc2)c(Cl)cc1Cl. The molecule has 7 heteroatoms. The molecule has 0 aliphatic heterocycles. The fourth-order valence-electron chi connectivity index (χ4n) is 1.49. The third kappa shape index (κ3) is 4.88. The van der Waals surface area contributed by atoms with E-state index in [0.717, 1.165) is 9.37 Å². The monoisotopic (exact) mass is 404 g/mol. The van der Waals surface area contributed by atoms with E-state index >= 15 is 0 Å². The second kappa shape index (κ2) is 7.49. The Bertz CT molecular complexity index is 665. The molecular formula is C14H11BrCl2N2OS. The Morgan fingerprint density at radius 3 is 2.62 bits per heavy atom. The lowest BCUT2D eigenvalue weighted by Crippen LogP contribution is -2.15. The molecule has 0 aliphatic rings. The molecule has 0 saturated carbocycles. The highest BCUT2D eigenvalue weighted by Crippen LogP contribution is 2.26. The highest BCUT2D eigenvalue weighted by atomic mass is 79.9. The van der Waals surface area contributed by atoms with Crippen molar-refractivity contribution >= 4 is 62.6 Å². The van der Waals surface area contributed by atoms with E-state index in [1.54, 1.807) is 13.0 Å². The van der Waals surface area contributed by atoms with E-state index in [1.165, 1.54) is 11.8 Å². The molecule has 0 saturated heterocycles. The molecule has 21 heavy (non-hydrogen) atoms. The first-order valence-electron chi connectivity index (χ1n) is 5.96. The average molecular weight is 406 g/mol. The molecular weight excluding hydrogens is 395 g/mol. The van der Waals surface area contributed by atoms with Gasteiger partial charge in [0, 0.05) is 9.37 Å². The van der Waals surface area contributed by atoms with Gasteiger partial charge in [-0.25, -0.2) is 4.98 Å². The van der Waals surface area contributed by atoms with Crippen LogP contribution in [0.3, 0.4) is 0 Å². The van der Waals surface area contributed by atoms with Gasteiger partial charge < -0.3 is 5.32 Å². The minimum Gasteiger partial charge on any atom is -0.309 e. The van der Waals surface area contributed by atoms with Crippen molar-refractivity contribution in [3.05, 3.63) is 50.5 Å². The van der Waals surface area contributed by atoms with Gasteiger partial charge in [-0.3, -0.25) is 4.79 Å². The number of aromatic nitrogens is 1. The van der Waals surface area contributed by atoms with Crippen molar-refractivity contribution in [1.29, 1.82) is 0 Å². The van der Waals surface area contributed by atoms with Gasteiger partial charge in [0.1, 0.15) is 0 Å². The first-order valence-corrected chi connectivity index (χ1v) is 8.50. The van der Waals surface area contributed by atoms with Gasteiger partial charge in [0.05, 0.1) is 21.5 Å². The highest BCUT2D eigenvalue weighted by molar-refractivity contribution is 9.10. The van der Waals surface area contributed by atoms with E-state index < -0.39 is 0 Å². The van der Waals surface area contributed by atoms with Crippen LogP contribution in [0.25, 0.3) is 0 Å². The summed E-state index contributed by atoms with van der Waals surface area (Å²) in [5, 5.41) is 3.49. The molecule has 0 radical (unpaired) electrons. The first-order chi connectivity index (χ1) is 9.95. The number of nitrogens with zero attached hydrogens (tertiary/aromatic N) is 1. The number of aryl methyl sites for hydroxylation is 1. The summed E-state index contributed by atoms with van der Waals surface area (Å²) in [7, 11) is 0. The molecule has 1 aromatic heterocycles. The number of rotatable bonds is 4. The molecule has 1 amide bonds. The number of hydrogen-bond acceptors (Lipinski definition) is 3. The number of benzene rings is 1. The number of thioether (sulfide) groups is 1. The van der Waals surface area contributed by atoms with Crippen LogP contribution in [0.1, 0.15) is 5.69 Å². The summed E-state index contributed by atoms with van der Waals surface area (Å²) in [6.45, 7) is 1.75. The van der Waals surface area contributed by atoms with E-state index in [0.29, 0.717) is 21.6 Å². The number of halogens is 3. The topological polar surface area (TPSA) is 42.0 Å². The summed E-state index contributed by atoms with van der Waals surface area (Å²) in [5.74, 6) is 0.445. The second-order valence-electron chi connectivity index (χ2n) is 4.18. The Morgan fingerprint density at radius 1 is 1.29 bits per heavy atom. The van der Waals surface area contributed by atoms with Gasteiger partial charge in [0.25, 0.3) is 0 Å². The van der Waals surface area contributed by atoms with Crippen molar-refractivity contribution in [2.24, 2.45) is 0 Å². The van der Waals surface area contributed by atoms with Crippen molar-refractivity contribution in [3.8, 4) is 0 Å². The maximum Gasteiger partial charge on any atom is 0.235 e. The second-order valence-corrected chi connectivity index (χ2v) is 6.96. The summed E-state index contributed by atoms with van der Waals surface area (Å²) in [6.07, 6.45) is 0. The van der Waals surface area contributed by atoms with Crippen LogP contribution < -0.4 is 5.32 Å². The maximum atomic E-state index is 11.9. The van der Waals surface area contributed by atoms with Gasteiger partial charge in [-0.2, -0.15) is 0 Å². The van der Waals surface area contributed by atoms with Crippen molar-refractivity contribution in [2.45, 2.75) is 11.8 Å². The van der Waals surface area contributed by atoms with Crippen molar-refractivity contribution in [2.75, 3.05) is 11.1 Å². The van der Waals surface area contributed by atoms with Crippen LogP contribution in [0, 0.1) is 6.92 Å². The number of anilines is 1. The molecule has 1 aromatic carbocycles. The lowest BCUT2D eigenvalue weighted by atomic mass is 10.3. The lowest BCUT2D eigenvalue weighted by molar-refractivity contribution is -0.113. The first kappa shape index (κ1) is 16.6. The molecule has 0 bridgehead atoms. The van der Waals surface area contributed by atoms with E-state index in [4.69, 9.17) is 23.2 Å². The largest absolute Gasteiger partial charge is 0.309 e. The fourth-order valence-corrected chi connectivity index (χ4v) is 2.86. The molecule has 0 fully saturated rings. The molecule has 2 rings (SSSR count). The minimum absolute atomic E-state index is 0.168. The molecule has 0 aliphatic carbocycles. The van der Waals surface area contributed by atoms with Crippen LogP contribution in [0.4, 0.5) is 5.82 Å². The number of amides is 1. The van der Waals surface area contributed by atoms with Crippen LogP contribution in [0.5, 0.6) is 0 Å². The molecule has 110 valence electrons. The number of pyridine rings is 1. The maximum absolute atomic E-state index is 11.9. The van der Waals surface area contributed by atoms with E-state index in [2.05, 4.69) is 26.2 Å². The third-order valence-corrected chi connectivity index (χ3v) is 4.76. The lowest BCUT2D eigenvalue weighted by Gasteiger charge is -2.08. The van der Waals surface area contributed by atoms with E-state index in [9.17, 15) is 4.79 Å². The van der Waals surface area contributed by atoms with Gasteiger partial charge in [0.2, 0.25) is 5.91 Å². The highest BCUT2D eigenvalue weighted by Gasteiger charge is 2.10. The Labute approximate surface area is 145 Å². The zero-order valence-corrected chi connectivity index (χ0v) is 14.9. The van der Waals surface area contributed by atoms with Crippen LogP contribution in [-0.2, 0) is 4.79 Å². The predicted octanol–water partition coefficient (Wildman–Crippen LogP) is 5.19. The summed E-state index contributed by atoms with van der Waals surface area (Å²) in [5.41, 5.74) is 0.622. The zero-order chi connectivity index (χ0) is 15.4. The predicted molar refractivity (Wildman–Crippen MR) is 92.5 cm³/mol. The summed E-state index contributed by atoms with van der Waals surface area (Å²) >= 11 is 16.7. The van der Waals surface area contributed by atoms with Gasteiger partial charge in [-0.1, -0.05) is 39.1 Å². The standard InChI is InChI=1S/C14H11BrCl2N2OS/c1-8-11(16)6-12(17)14(18-8)19-13(20)7-21-10-4-2-9(15)3-5-10/h2-6H,7H2,1H3,(H,18,19,20). The van der Waals surface area contributed by atoms with Crippen LogP contribution in [0.15, 0.2) is 39.7 Å². The van der Waals surface area contributed by atoms with Crippen molar-refractivity contribution in [1.82, 2.24) is 4.98 Å². The zero-order valence-electron chi connectivity index (χ0n) is 11.0. The molecule has 2 aromatic rings. The number of nitrogens with one attached hydrogen (secondary N) is 1. The molecule has 1 heterocycles. The molecule has 0 unspecified atom stereocenters. The summed E-state index contributed by atoms with van der Waals surface area (Å²) < 4.78 is 1.00. The number of hydrogen-bond donors (Lipinski definition) is 1. The van der Waals surface area contributed by atoms with Gasteiger partial charge >= 0.3 is 0 Å². The van der Waals surface area contributed by atoms with Crippen molar-refractivity contribution < 1.29 is 4.79 Å². The Hall–Kier alpha value is -0.750. The summed E-state index contributed by atoms with van der Waals surface area (Å²) in [6, 6.07) is 9.32. The van der Waals surface area contributed by atoms with Crippen LogP contribution in [0.2, 0.25) is 10.0 Å². The van der Waals surface area contributed by atoms with Gasteiger partial charge in [0.15, 0.2) is 5.82 Å². The minimum atomic E-state index is -0.168. The molecule has 0 atom stereocenters. The molecule has 0 spiro atoms. The van der Waals surface area contributed by atoms with Crippen LogP contribution in [-0.4, -0.2) is 16.6 Å². The van der Waals surface area contributed by atoms with Gasteiger partial charge in [-0.15, -0.1) is 11.8 Å². The normalized spacial score (nSPS) is 10.5. The third-order valence-electron chi connectivity index (χ3n) is 2.55. The smallest absolute Gasteiger partial charge is 0.235 e. The Balaban J connectivity index is 1.96. The van der Waals surface area contributed by atoms with Crippen LogP contribution >= 0.6 is 50.9 Å². The Kier molecular flexibility index (Phi) is 5.93. The van der Waals surface area contributed by atoms with E-state index in [1.807, 2.05) is 24.3 Å².